The first-order valence-electron chi connectivity index (χ1n) is 8.25. The van der Waals surface area contributed by atoms with E-state index in [1.165, 1.54) is 44.9 Å². The maximum absolute atomic E-state index is 12.4. The zero-order chi connectivity index (χ0) is 13.0. The highest BCUT2D eigenvalue weighted by molar-refractivity contribution is 5.85. The first kappa shape index (κ1) is 14.6. The van der Waals surface area contributed by atoms with Crippen LogP contribution in [0.1, 0.15) is 44.9 Å². The molecule has 4 bridgehead atoms. The maximum Gasteiger partial charge on any atom is 0.224 e. The number of nitrogens with one attached hydrogen (secondary N) is 1. The van der Waals surface area contributed by atoms with Crippen LogP contribution in [0.2, 0.25) is 0 Å². The molecule has 0 aromatic heterocycles. The molecule has 0 aliphatic heterocycles. The Morgan fingerprint density at radius 3 is 2.35 bits per heavy atom. The topological polar surface area (TPSA) is 55.1 Å². The minimum Gasteiger partial charge on any atom is -0.356 e. The van der Waals surface area contributed by atoms with E-state index in [4.69, 9.17) is 5.73 Å². The van der Waals surface area contributed by atoms with Gasteiger partial charge in [-0.1, -0.05) is 6.42 Å². The summed E-state index contributed by atoms with van der Waals surface area (Å²) in [6.07, 6.45) is 9.30. The highest BCUT2D eigenvalue weighted by Gasteiger charge is 2.49. The zero-order valence-electron chi connectivity index (χ0n) is 12.1. The SMILES string of the molecule is Cl.NC1C2CCC(C2)C1C(=O)NCC1CC2CCC1C2. The Bertz CT molecular complexity index is 387. The van der Waals surface area contributed by atoms with Gasteiger partial charge in [0.2, 0.25) is 5.91 Å². The fourth-order valence-electron chi connectivity index (χ4n) is 5.70. The lowest BCUT2D eigenvalue weighted by molar-refractivity contribution is -0.127. The van der Waals surface area contributed by atoms with E-state index in [9.17, 15) is 4.79 Å². The van der Waals surface area contributed by atoms with E-state index in [0.717, 1.165) is 24.3 Å². The third kappa shape index (κ3) is 2.27. The van der Waals surface area contributed by atoms with Gasteiger partial charge in [0, 0.05) is 12.6 Å². The van der Waals surface area contributed by atoms with Crippen LogP contribution in [0.15, 0.2) is 0 Å². The Labute approximate surface area is 127 Å². The Hall–Kier alpha value is -0.280. The fourth-order valence-corrected chi connectivity index (χ4v) is 5.70. The zero-order valence-corrected chi connectivity index (χ0v) is 12.9. The molecule has 4 fully saturated rings. The van der Waals surface area contributed by atoms with E-state index in [0.29, 0.717) is 11.8 Å². The lowest BCUT2D eigenvalue weighted by Crippen LogP contribution is -2.46. The molecule has 0 spiro atoms. The van der Waals surface area contributed by atoms with E-state index in [1.54, 1.807) is 0 Å². The molecule has 0 saturated heterocycles. The van der Waals surface area contributed by atoms with Crippen LogP contribution in [-0.2, 0) is 4.79 Å². The van der Waals surface area contributed by atoms with Crippen LogP contribution in [0.4, 0.5) is 0 Å². The van der Waals surface area contributed by atoms with Crippen molar-refractivity contribution in [2.75, 3.05) is 6.54 Å². The average molecular weight is 299 g/mol. The van der Waals surface area contributed by atoms with Crippen molar-refractivity contribution in [1.29, 1.82) is 0 Å². The summed E-state index contributed by atoms with van der Waals surface area (Å²) in [5, 5.41) is 3.25. The Morgan fingerprint density at radius 1 is 1.00 bits per heavy atom. The lowest BCUT2D eigenvalue weighted by atomic mass is 9.84. The van der Waals surface area contributed by atoms with Crippen molar-refractivity contribution < 1.29 is 4.79 Å². The Balaban J connectivity index is 0.00000121. The molecular formula is C16H27ClN2O. The van der Waals surface area contributed by atoms with Crippen molar-refractivity contribution in [3.05, 3.63) is 0 Å². The molecule has 0 heterocycles. The molecule has 0 aromatic carbocycles. The van der Waals surface area contributed by atoms with E-state index < -0.39 is 0 Å². The van der Waals surface area contributed by atoms with Crippen LogP contribution >= 0.6 is 12.4 Å². The Kier molecular flexibility index (Phi) is 4.02. The van der Waals surface area contributed by atoms with Crippen LogP contribution in [0, 0.1) is 35.5 Å². The van der Waals surface area contributed by atoms with Crippen molar-refractivity contribution >= 4 is 18.3 Å². The van der Waals surface area contributed by atoms with Gasteiger partial charge in [0.25, 0.3) is 0 Å². The first-order valence-corrected chi connectivity index (χ1v) is 8.25. The maximum atomic E-state index is 12.4. The highest BCUT2D eigenvalue weighted by atomic mass is 35.5. The third-order valence-electron chi connectivity index (χ3n) is 6.71. The summed E-state index contributed by atoms with van der Waals surface area (Å²) >= 11 is 0. The van der Waals surface area contributed by atoms with Crippen molar-refractivity contribution in [3.8, 4) is 0 Å². The summed E-state index contributed by atoms with van der Waals surface area (Å²) < 4.78 is 0. The van der Waals surface area contributed by atoms with Gasteiger partial charge >= 0.3 is 0 Å². The molecule has 0 radical (unpaired) electrons. The minimum absolute atomic E-state index is 0. The monoisotopic (exact) mass is 298 g/mol. The number of carbonyl (C=O) groups excluding carboxylic acids is 1. The van der Waals surface area contributed by atoms with Crippen molar-refractivity contribution in [3.63, 3.8) is 0 Å². The number of nitrogens with two attached hydrogens (primary N) is 1. The van der Waals surface area contributed by atoms with Gasteiger partial charge < -0.3 is 11.1 Å². The molecule has 4 aliphatic carbocycles. The van der Waals surface area contributed by atoms with E-state index >= 15 is 0 Å². The van der Waals surface area contributed by atoms with Gasteiger partial charge in [0.1, 0.15) is 0 Å². The van der Waals surface area contributed by atoms with Gasteiger partial charge in [-0.2, -0.15) is 0 Å². The number of carbonyl (C=O) groups is 1. The summed E-state index contributed by atoms with van der Waals surface area (Å²) in [5.74, 6) is 4.23. The largest absolute Gasteiger partial charge is 0.356 e. The second-order valence-electron chi connectivity index (χ2n) is 7.62. The average Bonchev–Trinajstić information content (AvgIpc) is 3.15. The molecule has 0 aromatic rings. The number of fused-ring (bicyclic) bond motifs is 4. The number of rotatable bonds is 3. The van der Waals surface area contributed by atoms with Crippen LogP contribution < -0.4 is 11.1 Å². The molecule has 3 N–H and O–H groups in total. The first-order chi connectivity index (χ1) is 9.22. The number of hydrogen-bond donors (Lipinski definition) is 2. The quantitative estimate of drug-likeness (QED) is 0.840. The molecule has 4 saturated carbocycles. The molecule has 7 atom stereocenters. The van der Waals surface area contributed by atoms with E-state index in [2.05, 4.69) is 5.32 Å². The molecule has 7 unspecified atom stereocenters. The van der Waals surface area contributed by atoms with Gasteiger partial charge in [-0.15, -0.1) is 12.4 Å². The normalized spacial score (nSPS) is 48.4. The fraction of sp³-hybridized carbons (Fsp3) is 0.938. The molecular weight excluding hydrogens is 272 g/mol. The lowest BCUT2D eigenvalue weighted by Gasteiger charge is -2.28. The smallest absolute Gasteiger partial charge is 0.224 e. The molecule has 3 nitrogen and oxygen atoms in total. The van der Waals surface area contributed by atoms with Crippen LogP contribution in [0.3, 0.4) is 0 Å². The molecule has 114 valence electrons. The summed E-state index contributed by atoms with van der Waals surface area (Å²) in [6, 6.07) is 0.138. The molecule has 4 rings (SSSR count). The molecule has 4 heteroatoms. The van der Waals surface area contributed by atoms with Gasteiger partial charge in [-0.25, -0.2) is 0 Å². The van der Waals surface area contributed by atoms with Gasteiger partial charge in [-0.3, -0.25) is 4.79 Å². The molecule has 20 heavy (non-hydrogen) atoms. The van der Waals surface area contributed by atoms with Crippen molar-refractivity contribution in [2.24, 2.45) is 41.2 Å². The van der Waals surface area contributed by atoms with E-state index in [-0.39, 0.29) is 30.3 Å². The summed E-state index contributed by atoms with van der Waals surface area (Å²) in [7, 11) is 0. The molecule has 1 amide bonds. The predicted molar refractivity (Wildman–Crippen MR) is 81.5 cm³/mol. The van der Waals surface area contributed by atoms with Crippen molar-refractivity contribution in [1.82, 2.24) is 5.32 Å². The van der Waals surface area contributed by atoms with Crippen LogP contribution in [0.25, 0.3) is 0 Å². The van der Waals surface area contributed by atoms with Crippen LogP contribution in [0.5, 0.6) is 0 Å². The summed E-state index contributed by atoms with van der Waals surface area (Å²) in [4.78, 5) is 12.4. The van der Waals surface area contributed by atoms with Gasteiger partial charge in [0.15, 0.2) is 0 Å². The second kappa shape index (κ2) is 5.49. The third-order valence-corrected chi connectivity index (χ3v) is 6.71. The van der Waals surface area contributed by atoms with Crippen LogP contribution in [-0.4, -0.2) is 18.5 Å². The van der Waals surface area contributed by atoms with Gasteiger partial charge in [-0.05, 0) is 68.1 Å². The molecule has 4 aliphatic rings. The number of hydrogen-bond acceptors (Lipinski definition) is 2. The standard InChI is InChI=1S/C16H26N2O.ClH/c17-15-12-4-3-11(7-12)14(15)16(19)18-8-13-6-9-1-2-10(13)5-9;/h9-15H,1-8,17H2,(H,18,19);1H. The van der Waals surface area contributed by atoms with Gasteiger partial charge in [0.05, 0.1) is 5.92 Å². The predicted octanol–water partition coefficient (Wildman–Crippen LogP) is 2.33. The number of amides is 1. The number of halogens is 1. The summed E-state index contributed by atoms with van der Waals surface area (Å²) in [5.41, 5.74) is 6.25. The highest BCUT2D eigenvalue weighted by Crippen LogP contribution is 2.49. The van der Waals surface area contributed by atoms with Crippen molar-refractivity contribution in [2.45, 2.75) is 51.0 Å². The second-order valence-corrected chi connectivity index (χ2v) is 7.62. The Morgan fingerprint density at radius 2 is 1.75 bits per heavy atom. The minimum atomic E-state index is 0. The van der Waals surface area contributed by atoms with E-state index in [1.807, 2.05) is 0 Å². The summed E-state index contributed by atoms with van der Waals surface area (Å²) in [6.45, 7) is 0.917.